The lowest BCUT2D eigenvalue weighted by molar-refractivity contribution is -0.117. The van der Waals surface area contributed by atoms with Gasteiger partial charge in [0.1, 0.15) is 6.54 Å². The fourth-order valence-corrected chi connectivity index (χ4v) is 2.49. The molecule has 0 saturated carbocycles. The molecule has 1 amide bonds. The van der Waals surface area contributed by atoms with Crippen LogP contribution in [0.2, 0.25) is 0 Å². The van der Waals surface area contributed by atoms with Crippen molar-refractivity contribution in [3.8, 4) is 11.4 Å². The number of amides is 1. The Kier molecular flexibility index (Phi) is 5.26. The first-order valence-electron chi connectivity index (χ1n) is 8.49. The number of anilines is 2. The third kappa shape index (κ3) is 4.24. The van der Waals surface area contributed by atoms with Crippen LogP contribution in [-0.4, -0.2) is 40.2 Å². The van der Waals surface area contributed by atoms with Gasteiger partial charge >= 0.3 is 0 Å². The molecule has 0 bridgehead atoms. The zero-order valence-electron chi connectivity index (χ0n) is 15.2. The first-order valence-corrected chi connectivity index (χ1v) is 8.49. The minimum absolute atomic E-state index is 0.00940. The molecule has 3 aromatic rings. The van der Waals surface area contributed by atoms with Crippen LogP contribution in [0.25, 0.3) is 11.4 Å². The van der Waals surface area contributed by atoms with Crippen LogP contribution in [0.15, 0.2) is 48.5 Å². The lowest BCUT2D eigenvalue weighted by Crippen LogP contribution is -2.20. The molecule has 0 unspecified atom stereocenters. The van der Waals surface area contributed by atoms with Crippen molar-refractivity contribution in [3.05, 3.63) is 54.1 Å². The maximum Gasteiger partial charge on any atom is 0.248 e. The topological polar surface area (TPSA) is 75.9 Å². The second kappa shape index (κ2) is 7.77. The fourth-order valence-electron chi connectivity index (χ4n) is 2.49. The number of aryl methyl sites for hydroxylation is 1. The van der Waals surface area contributed by atoms with Crippen molar-refractivity contribution in [3.63, 3.8) is 0 Å². The number of hydrogen-bond acceptors (Lipinski definition) is 5. The molecule has 0 saturated heterocycles. The van der Waals surface area contributed by atoms with Gasteiger partial charge in [0.25, 0.3) is 0 Å². The molecular weight excluding hydrogens is 328 g/mol. The van der Waals surface area contributed by atoms with Gasteiger partial charge in [-0.3, -0.25) is 4.79 Å². The Balaban J connectivity index is 1.61. The zero-order chi connectivity index (χ0) is 18.5. The molecule has 1 heterocycles. The molecule has 1 aromatic heterocycles. The number of tetrazole rings is 1. The van der Waals surface area contributed by atoms with E-state index >= 15 is 0 Å². The Hall–Kier alpha value is -3.22. The summed E-state index contributed by atoms with van der Waals surface area (Å²) in [5, 5.41) is 15.1. The standard InChI is InChI=1S/C19H22N6O/c1-4-14-5-7-15(8-6-14)19-21-23-25(22-19)13-18(26)20-16-9-11-17(12-10-16)24(2)3/h5-12H,4,13H2,1-3H3,(H,20,26). The summed E-state index contributed by atoms with van der Waals surface area (Å²) in [6.07, 6.45) is 0.982. The number of carbonyl (C=O) groups is 1. The van der Waals surface area contributed by atoms with Crippen molar-refractivity contribution >= 4 is 17.3 Å². The quantitative estimate of drug-likeness (QED) is 0.739. The summed E-state index contributed by atoms with van der Waals surface area (Å²) < 4.78 is 0. The summed E-state index contributed by atoms with van der Waals surface area (Å²) in [6, 6.07) is 15.6. The summed E-state index contributed by atoms with van der Waals surface area (Å²) in [4.78, 5) is 15.5. The lowest BCUT2D eigenvalue weighted by atomic mass is 10.1. The third-order valence-electron chi connectivity index (χ3n) is 4.03. The monoisotopic (exact) mass is 350 g/mol. The molecule has 2 aromatic carbocycles. The largest absolute Gasteiger partial charge is 0.378 e. The number of aromatic nitrogens is 4. The highest BCUT2D eigenvalue weighted by molar-refractivity contribution is 5.90. The van der Waals surface area contributed by atoms with Gasteiger partial charge in [0, 0.05) is 31.0 Å². The van der Waals surface area contributed by atoms with Gasteiger partial charge in [-0.1, -0.05) is 31.2 Å². The van der Waals surface area contributed by atoms with Gasteiger partial charge in [0.2, 0.25) is 11.7 Å². The maximum absolute atomic E-state index is 12.2. The van der Waals surface area contributed by atoms with E-state index in [9.17, 15) is 4.79 Å². The van der Waals surface area contributed by atoms with Crippen molar-refractivity contribution < 1.29 is 4.79 Å². The zero-order valence-corrected chi connectivity index (χ0v) is 15.2. The number of rotatable bonds is 6. The second-order valence-electron chi connectivity index (χ2n) is 6.18. The van der Waals surface area contributed by atoms with Crippen molar-refractivity contribution in [2.75, 3.05) is 24.3 Å². The Bertz CT molecular complexity index is 868. The second-order valence-corrected chi connectivity index (χ2v) is 6.18. The fraction of sp³-hybridized carbons (Fsp3) is 0.263. The lowest BCUT2D eigenvalue weighted by Gasteiger charge is -2.12. The molecule has 134 valence electrons. The smallest absolute Gasteiger partial charge is 0.248 e. The molecule has 0 aliphatic carbocycles. The van der Waals surface area contributed by atoms with E-state index in [2.05, 4.69) is 27.7 Å². The Morgan fingerprint density at radius 3 is 2.38 bits per heavy atom. The van der Waals surface area contributed by atoms with Gasteiger partial charge in [-0.15, -0.1) is 10.2 Å². The van der Waals surface area contributed by atoms with Crippen molar-refractivity contribution in [1.29, 1.82) is 0 Å². The van der Waals surface area contributed by atoms with E-state index in [1.54, 1.807) is 0 Å². The molecular formula is C19H22N6O. The normalized spacial score (nSPS) is 10.6. The molecule has 3 rings (SSSR count). The molecule has 0 radical (unpaired) electrons. The highest BCUT2D eigenvalue weighted by atomic mass is 16.2. The van der Waals surface area contributed by atoms with Crippen LogP contribution in [-0.2, 0) is 17.8 Å². The van der Waals surface area contributed by atoms with Crippen molar-refractivity contribution in [2.45, 2.75) is 19.9 Å². The molecule has 0 atom stereocenters. The average Bonchev–Trinajstić information content (AvgIpc) is 3.10. The van der Waals surface area contributed by atoms with Gasteiger partial charge in [0.15, 0.2) is 0 Å². The first kappa shape index (κ1) is 17.6. The number of carbonyl (C=O) groups excluding carboxylic acids is 1. The molecule has 26 heavy (non-hydrogen) atoms. The first-order chi connectivity index (χ1) is 12.5. The molecule has 1 N–H and O–H groups in total. The van der Waals surface area contributed by atoms with Gasteiger partial charge in [-0.05, 0) is 41.5 Å². The SMILES string of the molecule is CCc1ccc(-c2nnn(CC(=O)Nc3ccc(N(C)C)cc3)n2)cc1. The van der Waals surface area contributed by atoms with Crippen LogP contribution < -0.4 is 10.2 Å². The summed E-state index contributed by atoms with van der Waals surface area (Å²) in [5.41, 5.74) is 3.93. The maximum atomic E-state index is 12.2. The van der Waals surface area contributed by atoms with E-state index < -0.39 is 0 Å². The van der Waals surface area contributed by atoms with E-state index in [-0.39, 0.29) is 12.5 Å². The predicted molar refractivity (Wildman–Crippen MR) is 102 cm³/mol. The Labute approximate surface area is 152 Å². The summed E-state index contributed by atoms with van der Waals surface area (Å²) in [7, 11) is 3.94. The Morgan fingerprint density at radius 1 is 1.08 bits per heavy atom. The molecule has 0 aliphatic rings. The molecule has 0 spiro atoms. The van der Waals surface area contributed by atoms with E-state index in [1.807, 2.05) is 67.5 Å². The van der Waals surface area contributed by atoms with Gasteiger partial charge in [0.05, 0.1) is 0 Å². The van der Waals surface area contributed by atoms with Crippen LogP contribution in [0, 0.1) is 0 Å². The number of benzene rings is 2. The van der Waals surface area contributed by atoms with E-state index in [0.717, 1.165) is 23.4 Å². The van der Waals surface area contributed by atoms with E-state index in [4.69, 9.17) is 0 Å². The average molecular weight is 350 g/mol. The number of hydrogen-bond donors (Lipinski definition) is 1. The van der Waals surface area contributed by atoms with Crippen LogP contribution >= 0.6 is 0 Å². The molecule has 0 fully saturated rings. The van der Waals surface area contributed by atoms with Gasteiger partial charge in [-0.25, -0.2) is 0 Å². The summed E-state index contributed by atoms with van der Waals surface area (Å²) in [6.45, 7) is 2.12. The molecule has 0 aliphatic heterocycles. The predicted octanol–water partition coefficient (Wildman–Crippen LogP) is 2.61. The molecule has 7 heteroatoms. The summed E-state index contributed by atoms with van der Waals surface area (Å²) >= 11 is 0. The van der Waals surface area contributed by atoms with Crippen LogP contribution in [0.5, 0.6) is 0 Å². The van der Waals surface area contributed by atoms with Gasteiger partial charge in [-0.2, -0.15) is 4.80 Å². The van der Waals surface area contributed by atoms with Crippen molar-refractivity contribution in [2.24, 2.45) is 0 Å². The highest BCUT2D eigenvalue weighted by Gasteiger charge is 2.10. The minimum atomic E-state index is -0.201. The molecule has 7 nitrogen and oxygen atoms in total. The van der Waals surface area contributed by atoms with E-state index in [0.29, 0.717) is 5.82 Å². The van der Waals surface area contributed by atoms with Crippen LogP contribution in [0.4, 0.5) is 11.4 Å². The third-order valence-corrected chi connectivity index (χ3v) is 4.03. The number of nitrogens with one attached hydrogen (secondary N) is 1. The number of nitrogens with zero attached hydrogens (tertiary/aromatic N) is 5. The Morgan fingerprint density at radius 2 is 1.77 bits per heavy atom. The van der Waals surface area contributed by atoms with Gasteiger partial charge < -0.3 is 10.2 Å². The van der Waals surface area contributed by atoms with E-state index in [1.165, 1.54) is 10.4 Å². The summed E-state index contributed by atoms with van der Waals surface area (Å²) in [5.74, 6) is 0.309. The van der Waals surface area contributed by atoms with Crippen LogP contribution in [0.1, 0.15) is 12.5 Å². The highest BCUT2D eigenvalue weighted by Crippen LogP contribution is 2.16. The van der Waals surface area contributed by atoms with Crippen molar-refractivity contribution in [1.82, 2.24) is 20.2 Å². The van der Waals surface area contributed by atoms with Crippen LogP contribution in [0.3, 0.4) is 0 Å². The minimum Gasteiger partial charge on any atom is -0.378 e.